The first-order valence-corrected chi connectivity index (χ1v) is 9.90. The Kier molecular flexibility index (Phi) is 6.95. The molecule has 0 aliphatic heterocycles. The van der Waals surface area contributed by atoms with Gasteiger partial charge in [-0.3, -0.25) is 4.79 Å². The van der Waals surface area contributed by atoms with Gasteiger partial charge in [-0.1, -0.05) is 16.8 Å². The summed E-state index contributed by atoms with van der Waals surface area (Å²) in [6, 6.07) is 12.6. The van der Waals surface area contributed by atoms with Crippen LogP contribution in [0.1, 0.15) is 25.3 Å². The third-order valence-electron chi connectivity index (χ3n) is 4.56. The van der Waals surface area contributed by atoms with Gasteiger partial charge in [-0.2, -0.15) is 4.98 Å². The molecule has 2 aromatic carbocycles. The number of hydrogen-bond donors (Lipinski definition) is 0. The minimum Gasteiger partial charge on any atom is -0.497 e. The van der Waals surface area contributed by atoms with E-state index in [0.29, 0.717) is 22.5 Å². The first-order valence-electron chi connectivity index (χ1n) is 9.53. The van der Waals surface area contributed by atoms with Crippen molar-refractivity contribution in [2.24, 2.45) is 0 Å². The maximum absolute atomic E-state index is 12.7. The normalized spacial score (nSPS) is 10.9. The fourth-order valence-electron chi connectivity index (χ4n) is 2.82. The van der Waals surface area contributed by atoms with E-state index in [0.717, 1.165) is 16.9 Å². The summed E-state index contributed by atoms with van der Waals surface area (Å²) in [5.41, 5.74) is 1.69. The van der Waals surface area contributed by atoms with Gasteiger partial charge in [-0.15, -0.1) is 0 Å². The van der Waals surface area contributed by atoms with E-state index >= 15 is 0 Å². The SMILES string of the molecule is COc1ccc(-c2noc(CN(C(=O)COc3ccc(Cl)c(C)c3)C(C)C)n2)cc1. The van der Waals surface area contributed by atoms with Crippen molar-refractivity contribution in [1.82, 2.24) is 15.0 Å². The Hall–Kier alpha value is -3.06. The molecule has 3 aromatic rings. The van der Waals surface area contributed by atoms with Crippen molar-refractivity contribution in [3.63, 3.8) is 0 Å². The van der Waals surface area contributed by atoms with E-state index in [-0.39, 0.29) is 25.1 Å². The number of benzene rings is 2. The number of methoxy groups -OCH3 is 1. The van der Waals surface area contributed by atoms with Crippen molar-refractivity contribution in [1.29, 1.82) is 0 Å². The molecule has 0 fully saturated rings. The number of aryl methyl sites for hydroxylation is 1. The first-order chi connectivity index (χ1) is 14.4. The molecule has 8 heteroatoms. The number of halogens is 1. The molecule has 0 spiro atoms. The van der Waals surface area contributed by atoms with E-state index in [2.05, 4.69) is 10.1 Å². The Bertz CT molecular complexity index is 1000. The maximum Gasteiger partial charge on any atom is 0.261 e. The van der Waals surface area contributed by atoms with Gasteiger partial charge in [0.2, 0.25) is 11.7 Å². The zero-order chi connectivity index (χ0) is 21.7. The highest BCUT2D eigenvalue weighted by Gasteiger charge is 2.21. The Morgan fingerprint density at radius 3 is 2.50 bits per heavy atom. The van der Waals surface area contributed by atoms with E-state index in [1.165, 1.54) is 0 Å². The third kappa shape index (κ3) is 5.30. The summed E-state index contributed by atoms with van der Waals surface area (Å²) in [5.74, 6) is 1.96. The van der Waals surface area contributed by atoms with E-state index in [9.17, 15) is 4.79 Å². The average Bonchev–Trinajstić information content (AvgIpc) is 3.21. The summed E-state index contributed by atoms with van der Waals surface area (Å²) < 4.78 is 16.2. The van der Waals surface area contributed by atoms with Gasteiger partial charge in [0.1, 0.15) is 18.0 Å². The summed E-state index contributed by atoms with van der Waals surface area (Å²) in [6.45, 7) is 5.82. The predicted octanol–water partition coefficient (Wildman–Crippen LogP) is 4.52. The highest BCUT2D eigenvalue weighted by Crippen LogP contribution is 2.22. The van der Waals surface area contributed by atoms with Crippen LogP contribution in [-0.4, -0.2) is 40.7 Å². The number of carbonyl (C=O) groups excluding carboxylic acids is 1. The number of carbonyl (C=O) groups is 1. The molecular formula is C22H24ClN3O4. The molecule has 0 unspecified atom stereocenters. The summed E-state index contributed by atoms with van der Waals surface area (Å²) in [5, 5.41) is 4.67. The van der Waals surface area contributed by atoms with Gasteiger partial charge >= 0.3 is 0 Å². The lowest BCUT2D eigenvalue weighted by atomic mass is 10.2. The molecule has 0 saturated heterocycles. The predicted molar refractivity (Wildman–Crippen MR) is 114 cm³/mol. The van der Waals surface area contributed by atoms with E-state index < -0.39 is 0 Å². The topological polar surface area (TPSA) is 77.7 Å². The minimum absolute atomic E-state index is 0.0654. The van der Waals surface area contributed by atoms with Crippen LogP contribution < -0.4 is 9.47 Å². The molecule has 0 atom stereocenters. The standard InChI is InChI=1S/C22H24ClN3O4/c1-14(2)26(21(27)13-29-18-9-10-19(23)15(3)11-18)12-20-24-22(25-30-20)16-5-7-17(28-4)8-6-16/h5-11,14H,12-13H2,1-4H3. The smallest absolute Gasteiger partial charge is 0.261 e. The Labute approximate surface area is 180 Å². The van der Waals surface area contributed by atoms with Crippen molar-refractivity contribution < 1.29 is 18.8 Å². The molecule has 0 radical (unpaired) electrons. The molecule has 0 bridgehead atoms. The summed E-state index contributed by atoms with van der Waals surface area (Å²) >= 11 is 6.03. The quantitative estimate of drug-likeness (QED) is 0.523. The molecule has 7 nitrogen and oxygen atoms in total. The number of aromatic nitrogens is 2. The third-order valence-corrected chi connectivity index (χ3v) is 4.98. The van der Waals surface area contributed by atoms with Crippen LogP contribution in [0.25, 0.3) is 11.4 Å². The van der Waals surface area contributed by atoms with E-state index in [1.807, 2.05) is 45.0 Å². The molecule has 3 rings (SSSR count). The Morgan fingerprint density at radius 2 is 1.87 bits per heavy atom. The van der Waals surface area contributed by atoms with Gasteiger partial charge < -0.3 is 18.9 Å². The molecule has 0 saturated carbocycles. The number of rotatable bonds is 8. The van der Waals surface area contributed by atoms with Crippen molar-refractivity contribution >= 4 is 17.5 Å². The lowest BCUT2D eigenvalue weighted by molar-refractivity contribution is -0.136. The fraction of sp³-hybridized carbons (Fsp3) is 0.318. The maximum atomic E-state index is 12.7. The number of ether oxygens (including phenoxy) is 2. The zero-order valence-electron chi connectivity index (χ0n) is 17.4. The van der Waals surface area contributed by atoms with Crippen LogP contribution in [0, 0.1) is 6.92 Å². The second-order valence-corrected chi connectivity index (χ2v) is 7.46. The lowest BCUT2D eigenvalue weighted by Crippen LogP contribution is -2.39. The molecule has 158 valence electrons. The van der Waals surface area contributed by atoms with Crippen LogP contribution in [0.2, 0.25) is 5.02 Å². The van der Waals surface area contributed by atoms with Gasteiger partial charge in [0.05, 0.1) is 7.11 Å². The second kappa shape index (κ2) is 9.63. The number of hydrogen-bond acceptors (Lipinski definition) is 6. The lowest BCUT2D eigenvalue weighted by Gasteiger charge is -2.25. The van der Waals surface area contributed by atoms with Crippen molar-refractivity contribution in [3.8, 4) is 22.9 Å². The molecule has 1 aromatic heterocycles. The second-order valence-electron chi connectivity index (χ2n) is 7.06. The Balaban J connectivity index is 1.65. The number of amides is 1. The monoisotopic (exact) mass is 429 g/mol. The molecule has 0 aliphatic rings. The molecular weight excluding hydrogens is 406 g/mol. The van der Waals surface area contributed by atoms with Crippen molar-refractivity contribution in [2.45, 2.75) is 33.4 Å². The molecule has 0 aliphatic carbocycles. The molecule has 1 amide bonds. The summed E-state index contributed by atoms with van der Waals surface area (Å²) in [6.07, 6.45) is 0. The van der Waals surface area contributed by atoms with Gasteiger partial charge in [0.25, 0.3) is 5.91 Å². The van der Waals surface area contributed by atoms with Crippen molar-refractivity contribution in [2.75, 3.05) is 13.7 Å². The average molecular weight is 430 g/mol. The molecule has 30 heavy (non-hydrogen) atoms. The molecule has 0 N–H and O–H groups in total. The van der Waals surface area contributed by atoms with Crippen molar-refractivity contribution in [3.05, 3.63) is 58.9 Å². The van der Waals surface area contributed by atoms with E-state index in [1.54, 1.807) is 30.2 Å². The largest absolute Gasteiger partial charge is 0.497 e. The van der Waals surface area contributed by atoms with Crippen LogP contribution >= 0.6 is 11.6 Å². The number of nitrogens with zero attached hydrogens (tertiary/aromatic N) is 3. The van der Waals surface area contributed by atoms with Crippen LogP contribution in [0.4, 0.5) is 0 Å². The fourth-order valence-corrected chi connectivity index (χ4v) is 2.93. The highest BCUT2D eigenvalue weighted by molar-refractivity contribution is 6.31. The highest BCUT2D eigenvalue weighted by atomic mass is 35.5. The van der Waals surface area contributed by atoms with Gasteiger partial charge in [-0.05, 0) is 68.8 Å². The van der Waals surface area contributed by atoms with Crippen LogP contribution in [0.3, 0.4) is 0 Å². The summed E-state index contributed by atoms with van der Waals surface area (Å²) in [7, 11) is 1.61. The minimum atomic E-state index is -0.179. The first kappa shape index (κ1) is 21.6. The van der Waals surface area contributed by atoms with Crippen LogP contribution in [0.5, 0.6) is 11.5 Å². The van der Waals surface area contributed by atoms with Crippen LogP contribution in [-0.2, 0) is 11.3 Å². The Morgan fingerprint density at radius 1 is 1.17 bits per heavy atom. The van der Waals surface area contributed by atoms with Gasteiger partial charge in [-0.25, -0.2) is 0 Å². The van der Waals surface area contributed by atoms with Gasteiger partial charge in [0, 0.05) is 16.6 Å². The van der Waals surface area contributed by atoms with Gasteiger partial charge in [0.15, 0.2) is 6.61 Å². The molecule has 1 heterocycles. The van der Waals surface area contributed by atoms with Crippen LogP contribution in [0.15, 0.2) is 47.0 Å². The zero-order valence-corrected chi connectivity index (χ0v) is 18.1. The van der Waals surface area contributed by atoms with E-state index in [4.69, 9.17) is 25.6 Å². The summed E-state index contributed by atoms with van der Waals surface area (Å²) in [4.78, 5) is 18.8.